The van der Waals surface area contributed by atoms with Crippen LogP contribution >= 0.6 is 0 Å². The second-order valence-corrected chi connectivity index (χ2v) is 13.9. The third-order valence-corrected chi connectivity index (χ3v) is 9.12. The van der Waals surface area contributed by atoms with E-state index in [9.17, 15) is 24.3 Å². The van der Waals surface area contributed by atoms with E-state index in [2.05, 4.69) is 10.7 Å². The van der Waals surface area contributed by atoms with E-state index in [1.807, 2.05) is 60.7 Å². The van der Waals surface area contributed by atoms with Crippen LogP contribution in [-0.2, 0) is 14.3 Å². The Balaban J connectivity index is 1.34. The standard InChI is InChI=1S/C37H43N5O8/c1-36(2,3)50-34(46)40-42-17-11-6-5-10-14-24-21-37(24,33(44)45)39-32(43)30-19-26(22-41(30)35(42)47)49-31-20-28(23-12-8-7-9-13-23)38-29-18-25(48-4)15-16-27(29)31/h7-10,12-16,18,20,24,26,30H,5-6,11,17,19,21-22H2,1-4H3,(H,39,43)(H,40,46)(H,44,45)/b14-10-. The van der Waals surface area contributed by atoms with Gasteiger partial charge in [0.1, 0.15) is 34.8 Å². The van der Waals surface area contributed by atoms with Gasteiger partial charge in [-0.15, -0.1) is 0 Å². The Labute approximate surface area is 290 Å². The normalized spacial score (nSPS) is 24.7. The number of benzene rings is 2. The summed E-state index contributed by atoms with van der Waals surface area (Å²) >= 11 is 0. The molecule has 0 spiro atoms. The molecular formula is C37H43N5O8. The molecule has 3 heterocycles. The maximum atomic E-state index is 14.3. The van der Waals surface area contributed by atoms with Gasteiger partial charge >= 0.3 is 18.1 Å². The topological polar surface area (TPSA) is 160 Å². The molecule has 4 amide bonds. The monoisotopic (exact) mass is 685 g/mol. The highest BCUT2D eigenvalue weighted by molar-refractivity contribution is 5.95. The minimum atomic E-state index is -1.45. The number of carbonyl (C=O) groups is 4. The molecular weight excluding hydrogens is 642 g/mol. The van der Waals surface area contributed by atoms with Crippen molar-refractivity contribution in [3.63, 3.8) is 0 Å². The number of hydrogen-bond acceptors (Lipinski definition) is 8. The number of carboxylic acid groups (broad SMARTS) is 1. The molecule has 6 rings (SSSR count). The van der Waals surface area contributed by atoms with Crippen LogP contribution in [0.5, 0.6) is 11.5 Å². The number of nitrogens with zero attached hydrogens (tertiary/aromatic N) is 3. The van der Waals surface area contributed by atoms with Crippen molar-refractivity contribution in [3.05, 3.63) is 66.7 Å². The molecule has 13 heteroatoms. The minimum Gasteiger partial charge on any atom is -0.497 e. The van der Waals surface area contributed by atoms with Gasteiger partial charge < -0.3 is 29.5 Å². The SMILES string of the molecule is COc1ccc2c(OC3CC4C(=O)NC5(C(=O)O)CC5/C=C\CCCCN(NC(=O)OC(C)(C)C)C(=O)N4C3)cc(-c3ccccc3)nc2c1. The first-order valence-electron chi connectivity index (χ1n) is 16.9. The minimum absolute atomic E-state index is 0.00649. The van der Waals surface area contributed by atoms with Crippen LogP contribution in [0, 0.1) is 5.92 Å². The van der Waals surface area contributed by atoms with E-state index < -0.39 is 47.3 Å². The Bertz CT molecular complexity index is 1810. The summed E-state index contributed by atoms with van der Waals surface area (Å²) in [6, 6.07) is 15.2. The third kappa shape index (κ3) is 7.46. The molecule has 1 saturated carbocycles. The zero-order chi connectivity index (χ0) is 35.6. The number of hydrogen-bond donors (Lipinski definition) is 3. The molecule has 3 aromatic rings. The van der Waals surface area contributed by atoms with Crippen LogP contribution in [-0.4, -0.2) is 87.5 Å². The summed E-state index contributed by atoms with van der Waals surface area (Å²) in [6.07, 6.45) is 4.49. The third-order valence-electron chi connectivity index (χ3n) is 9.12. The van der Waals surface area contributed by atoms with Gasteiger partial charge in [-0.25, -0.2) is 29.8 Å². The Morgan fingerprint density at radius 1 is 1.08 bits per heavy atom. The number of hydrazine groups is 1. The van der Waals surface area contributed by atoms with Crippen LogP contribution < -0.4 is 20.2 Å². The van der Waals surface area contributed by atoms with Gasteiger partial charge in [0, 0.05) is 42.0 Å². The second-order valence-electron chi connectivity index (χ2n) is 13.9. The van der Waals surface area contributed by atoms with Crippen LogP contribution in [0.15, 0.2) is 66.7 Å². The van der Waals surface area contributed by atoms with Crippen molar-refractivity contribution in [2.75, 3.05) is 20.2 Å². The molecule has 13 nitrogen and oxygen atoms in total. The molecule has 1 saturated heterocycles. The van der Waals surface area contributed by atoms with Gasteiger partial charge in [-0.05, 0) is 58.6 Å². The highest BCUT2D eigenvalue weighted by Gasteiger charge is 2.61. The smallest absolute Gasteiger partial charge is 0.426 e. The average Bonchev–Trinajstić information content (AvgIpc) is 3.61. The van der Waals surface area contributed by atoms with Gasteiger partial charge in [-0.2, -0.15) is 0 Å². The molecule has 0 bridgehead atoms. The summed E-state index contributed by atoms with van der Waals surface area (Å²) < 4.78 is 17.5. The van der Waals surface area contributed by atoms with Gasteiger partial charge in [0.05, 0.1) is 24.9 Å². The summed E-state index contributed by atoms with van der Waals surface area (Å²) in [5, 5.41) is 14.8. The molecule has 1 aliphatic carbocycles. The Morgan fingerprint density at radius 2 is 1.86 bits per heavy atom. The van der Waals surface area contributed by atoms with Crippen molar-refractivity contribution in [2.24, 2.45) is 5.92 Å². The van der Waals surface area contributed by atoms with Gasteiger partial charge in [0.25, 0.3) is 0 Å². The molecule has 4 unspecified atom stereocenters. The van der Waals surface area contributed by atoms with E-state index in [4.69, 9.17) is 19.2 Å². The van der Waals surface area contributed by atoms with E-state index in [0.29, 0.717) is 47.4 Å². The number of aromatic nitrogens is 1. The lowest BCUT2D eigenvalue weighted by Crippen LogP contribution is -2.58. The van der Waals surface area contributed by atoms with Crippen molar-refractivity contribution < 1.29 is 38.5 Å². The zero-order valence-electron chi connectivity index (χ0n) is 28.7. The quantitative estimate of drug-likeness (QED) is 0.293. The van der Waals surface area contributed by atoms with Crippen molar-refractivity contribution in [1.29, 1.82) is 0 Å². The molecule has 50 heavy (non-hydrogen) atoms. The lowest BCUT2D eigenvalue weighted by atomic mass is 10.1. The lowest BCUT2D eigenvalue weighted by Gasteiger charge is -2.32. The van der Waals surface area contributed by atoms with E-state index in [0.717, 1.165) is 5.56 Å². The Morgan fingerprint density at radius 3 is 2.58 bits per heavy atom. The number of aliphatic carboxylic acids is 1. The number of allylic oxidation sites excluding steroid dienone is 1. The molecule has 264 valence electrons. The predicted molar refractivity (Wildman–Crippen MR) is 184 cm³/mol. The summed E-state index contributed by atoms with van der Waals surface area (Å²) in [6.45, 7) is 5.32. The average molecular weight is 686 g/mol. The van der Waals surface area contributed by atoms with Gasteiger partial charge in [-0.3, -0.25) is 4.79 Å². The maximum absolute atomic E-state index is 14.3. The van der Waals surface area contributed by atoms with E-state index in [1.54, 1.807) is 33.9 Å². The van der Waals surface area contributed by atoms with Crippen LogP contribution in [0.4, 0.5) is 9.59 Å². The van der Waals surface area contributed by atoms with Gasteiger partial charge in [-0.1, -0.05) is 42.5 Å². The molecule has 0 radical (unpaired) electrons. The fraction of sp³-hybridized carbons (Fsp3) is 0.432. The zero-order valence-corrected chi connectivity index (χ0v) is 28.7. The first-order chi connectivity index (χ1) is 23.9. The van der Waals surface area contributed by atoms with Crippen molar-refractivity contribution in [3.8, 4) is 22.8 Å². The number of fused-ring (bicyclic) bond motifs is 3. The molecule has 1 aromatic heterocycles. The molecule has 2 aliphatic heterocycles. The van der Waals surface area contributed by atoms with Crippen LogP contribution in [0.1, 0.15) is 52.9 Å². The number of urea groups is 1. The molecule has 2 aromatic carbocycles. The number of amides is 4. The highest BCUT2D eigenvalue weighted by atomic mass is 16.6. The number of carboxylic acids is 1. The van der Waals surface area contributed by atoms with Crippen LogP contribution in [0.2, 0.25) is 0 Å². The fourth-order valence-electron chi connectivity index (χ4n) is 6.50. The van der Waals surface area contributed by atoms with Crippen molar-refractivity contribution >= 4 is 34.9 Å². The van der Waals surface area contributed by atoms with Crippen molar-refractivity contribution in [1.82, 2.24) is 25.6 Å². The Kier molecular flexibility index (Phi) is 9.59. The number of methoxy groups -OCH3 is 1. The first-order valence-corrected chi connectivity index (χ1v) is 16.9. The number of nitrogens with one attached hydrogen (secondary N) is 2. The number of carbonyl (C=O) groups excluding carboxylic acids is 3. The van der Waals surface area contributed by atoms with E-state index in [1.165, 1.54) is 9.91 Å². The number of rotatable bonds is 6. The van der Waals surface area contributed by atoms with Gasteiger partial charge in [0.15, 0.2) is 0 Å². The fourth-order valence-corrected chi connectivity index (χ4v) is 6.50. The summed E-state index contributed by atoms with van der Waals surface area (Å²) in [7, 11) is 1.58. The molecule has 2 fully saturated rings. The highest BCUT2D eigenvalue weighted by Crippen LogP contribution is 2.45. The largest absolute Gasteiger partial charge is 0.497 e. The van der Waals surface area contributed by atoms with Crippen molar-refractivity contribution in [2.45, 2.75) is 76.2 Å². The first kappa shape index (κ1) is 34.5. The summed E-state index contributed by atoms with van der Waals surface area (Å²) in [4.78, 5) is 59.7. The molecule has 4 atom stereocenters. The molecule has 3 aliphatic rings. The van der Waals surface area contributed by atoms with Crippen LogP contribution in [0.25, 0.3) is 22.2 Å². The van der Waals surface area contributed by atoms with Gasteiger partial charge in [0.2, 0.25) is 5.91 Å². The maximum Gasteiger partial charge on any atom is 0.426 e. The number of pyridine rings is 1. The lowest BCUT2D eigenvalue weighted by molar-refractivity contribution is -0.144. The Hall–Kier alpha value is -5.33. The van der Waals surface area contributed by atoms with Crippen LogP contribution in [0.3, 0.4) is 0 Å². The summed E-state index contributed by atoms with van der Waals surface area (Å²) in [5.41, 5.74) is 2.48. The van der Waals surface area contributed by atoms with E-state index in [-0.39, 0.29) is 31.8 Å². The predicted octanol–water partition coefficient (Wildman–Crippen LogP) is 5.29. The number of ether oxygens (including phenoxy) is 3. The molecule has 3 N–H and O–H groups in total. The second kappa shape index (κ2) is 13.9. The summed E-state index contributed by atoms with van der Waals surface area (Å²) in [5.74, 6) is -0.967. The van der Waals surface area contributed by atoms with E-state index >= 15 is 0 Å².